The molecule has 242 valence electrons. The molecule has 8 aromatic carbocycles. The Hall–Kier alpha value is -6.84. The average molecular weight is 663 g/mol. The molecule has 3 heteroatoms. The van der Waals surface area contributed by atoms with E-state index >= 15 is 0 Å². The van der Waals surface area contributed by atoms with E-state index in [-0.39, 0.29) is 0 Å². The molecule has 2 aromatic heterocycles. The number of fused-ring (bicyclic) bond motifs is 17. The van der Waals surface area contributed by atoms with Crippen LogP contribution in [0.5, 0.6) is 11.5 Å². The maximum absolute atomic E-state index is 6.64. The van der Waals surface area contributed by atoms with E-state index in [0.29, 0.717) is 0 Å². The quantitative estimate of drug-likeness (QED) is 0.180. The molecule has 1 aliphatic carbocycles. The summed E-state index contributed by atoms with van der Waals surface area (Å²) in [6, 6.07) is 66.2. The third-order valence-electron chi connectivity index (χ3n) is 11.6. The van der Waals surface area contributed by atoms with Crippen molar-refractivity contribution in [1.82, 2.24) is 9.13 Å². The molecule has 0 N–H and O–H groups in total. The minimum atomic E-state index is -0.540. The largest absolute Gasteiger partial charge is 0.457 e. The standard InChI is InChI=1S/C49H30N2O/c1-3-15-31(16-4-1)50-40-24-12-8-20-34(40)46-41(50)29-30-42-47(46)35-27-28-39-45(48(35)51(42)32-17-5-2-6-18-32)33-19-7-9-21-36(33)49(39)37-22-10-13-25-43(37)52-44-26-14-11-23-38(44)49/h1-30H. The van der Waals surface area contributed by atoms with Gasteiger partial charge < -0.3 is 13.9 Å². The van der Waals surface area contributed by atoms with E-state index < -0.39 is 5.41 Å². The van der Waals surface area contributed by atoms with Gasteiger partial charge in [-0.05, 0) is 71.3 Å². The Morgan fingerprint density at radius 1 is 0.365 bits per heavy atom. The lowest BCUT2D eigenvalue weighted by atomic mass is 9.66. The number of hydrogen-bond donors (Lipinski definition) is 0. The zero-order valence-electron chi connectivity index (χ0n) is 28.1. The molecular weight excluding hydrogens is 633 g/mol. The van der Waals surface area contributed by atoms with Crippen molar-refractivity contribution in [2.45, 2.75) is 5.41 Å². The molecule has 0 amide bonds. The Kier molecular flexibility index (Phi) is 5.43. The van der Waals surface area contributed by atoms with Crippen molar-refractivity contribution in [1.29, 1.82) is 0 Å². The third kappa shape index (κ3) is 3.36. The van der Waals surface area contributed by atoms with E-state index in [1.54, 1.807) is 0 Å². The van der Waals surface area contributed by atoms with Gasteiger partial charge in [-0.2, -0.15) is 0 Å². The van der Waals surface area contributed by atoms with Gasteiger partial charge in [-0.3, -0.25) is 0 Å². The van der Waals surface area contributed by atoms with E-state index in [1.807, 2.05) is 0 Å². The zero-order valence-corrected chi connectivity index (χ0v) is 28.1. The molecule has 0 unspecified atom stereocenters. The van der Waals surface area contributed by atoms with Crippen molar-refractivity contribution in [2.24, 2.45) is 0 Å². The molecule has 3 heterocycles. The second kappa shape index (κ2) is 10.1. The molecular formula is C49H30N2O. The molecule has 0 radical (unpaired) electrons. The fourth-order valence-corrected chi connectivity index (χ4v) is 9.69. The van der Waals surface area contributed by atoms with E-state index in [4.69, 9.17) is 4.74 Å². The fraction of sp³-hybridized carbons (Fsp3) is 0.0204. The fourth-order valence-electron chi connectivity index (χ4n) is 9.69. The number of hydrogen-bond acceptors (Lipinski definition) is 1. The summed E-state index contributed by atoms with van der Waals surface area (Å²) >= 11 is 0. The average Bonchev–Trinajstić information content (AvgIpc) is 3.83. The van der Waals surface area contributed by atoms with Crippen LogP contribution in [0.1, 0.15) is 22.3 Å². The molecule has 3 nitrogen and oxygen atoms in total. The summed E-state index contributed by atoms with van der Waals surface area (Å²) in [5, 5.41) is 5.05. The van der Waals surface area contributed by atoms with Crippen molar-refractivity contribution in [3.8, 4) is 34.0 Å². The highest BCUT2D eigenvalue weighted by Gasteiger charge is 2.51. The van der Waals surface area contributed by atoms with Gasteiger partial charge in [-0.1, -0.05) is 127 Å². The molecule has 0 fully saturated rings. The molecule has 1 spiro atoms. The molecule has 52 heavy (non-hydrogen) atoms. The number of ether oxygens (including phenoxy) is 1. The molecule has 0 saturated carbocycles. The van der Waals surface area contributed by atoms with Crippen LogP contribution in [-0.4, -0.2) is 9.13 Å². The summed E-state index contributed by atoms with van der Waals surface area (Å²) < 4.78 is 11.6. The van der Waals surface area contributed by atoms with Crippen molar-refractivity contribution in [2.75, 3.05) is 0 Å². The number of para-hydroxylation sites is 5. The zero-order chi connectivity index (χ0) is 34.0. The SMILES string of the molecule is c1ccc(-n2c3ccccc3c3c4c5ccc6c(c5n(-c5ccccc5)c4ccc32)-c2ccccc2C62c3ccccc3Oc3ccccc32)cc1. The summed E-state index contributed by atoms with van der Waals surface area (Å²) in [6.45, 7) is 0. The lowest BCUT2D eigenvalue weighted by Gasteiger charge is -2.39. The van der Waals surface area contributed by atoms with Gasteiger partial charge in [-0.25, -0.2) is 0 Å². The second-order valence-electron chi connectivity index (χ2n) is 14.0. The highest BCUT2D eigenvalue weighted by atomic mass is 16.5. The molecule has 12 rings (SSSR count). The Labute approximate surface area is 300 Å². The molecule has 2 aliphatic rings. The molecule has 10 aromatic rings. The first-order chi connectivity index (χ1) is 25.8. The third-order valence-corrected chi connectivity index (χ3v) is 11.6. The molecule has 1 aliphatic heterocycles. The van der Waals surface area contributed by atoms with Gasteiger partial charge >= 0.3 is 0 Å². The maximum atomic E-state index is 6.64. The first-order valence-corrected chi connectivity index (χ1v) is 18.0. The van der Waals surface area contributed by atoms with Crippen LogP contribution in [0, 0.1) is 0 Å². The molecule has 0 saturated heterocycles. The Morgan fingerprint density at radius 3 is 1.62 bits per heavy atom. The predicted molar refractivity (Wildman–Crippen MR) is 212 cm³/mol. The van der Waals surface area contributed by atoms with Gasteiger partial charge in [0.15, 0.2) is 0 Å². The summed E-state index contributed by atoms with van der Waals surface area (Å²) in [5.41, 5.74) is 14.1. The summed E-state index contributed by atoms with van der Waals surface area (Å²) in [5.74, 6) is 1.81. The summed E-state index contributed by atoms with van der Waals surface area (Å²) in [4.78, 5) is 0. The van der Waals surface area contributed by atoms with Crippen LogP contribution < -0.4 is 4.74 Å². The van der Waals surface area contributed by atoms with Gasteiger partial charge in [0, 0.05) is 49.6 Å². The Morgan fingerprint density at radius 2 is 0.904 bits per heavy atom. The van der Waals surface area contributed by atoms with Gasteiger partial charge in [-0.15, -0.1) is 0 Å². The van der Waals surface area contributed by atoms with E-state index in [9.17, 15) is 0 Å². The van der Waals surface area contributed by atoms with Crippen molar-refractivity contribution in [3.63, 3.8) is 0 Å². The van der Waals surface area contributed by atoms with Gasteiger partial charge in [0.25, 0.3) is 0 Å². The van der Waals surface area contributed by atoms with Crippen LogP contribution in [0.2, 0.25) is 0 Å². The number of benzene rings is 8. The highest BCUT2D eigenvalue weighted by molar-refractivity contribution is 6.30. The van der Waals surface area contributed by atoms with Gasteiger partial charge in [0.05, 0.1) is 27.5 Å². The monoisotopic (exact) mass is 662 g/mol. The molecule has 0 atom stereocenters. The van der Waals surface area contributed by atoms with Crippen LogP contribution in [-0.2, 0) is 5.41 Å². The predicted octanol–water partition coefficient (Wildman–Crippen LogP) is 12.3. The van der Waals surface area contributed by atoms with Crippen LogP contribution in [0.25, 0.3) is 66.1 Å². The Balaban J connectivity index is 1.31. The number of nitrogens with zero attached hydrogens (tertiary/aromatic N) is 2. The van der Waals surface area contributed by atoms with Crippen LogP contribution in [0.3, 0.4) is 0 Å². The topological polar surface area (TPSA) is 19.1 Å². The molecule has 0 bridgehead atoms. The van der Waals surface area contributed by atoms with Crippen molar-refractivity contribution >= 4 is 43.6 Å². The number of rotatable bonds is 2. The maximum Gasteiger partial charge on any atom is 0.132 e. The van der Waals surface area contributed by atoms with E-state index in [2.05, 4.69) is 191 Å². The normalized spacial score (nSPS) is 13.7. The first-order valence-electron chi connectivity index (χ1n) is 18.0. The van der Waals surface area contributed by atoms with E-state index in [1.165, 1.54) is 77.0 Å². The minimum absolute atomic E-state index is 0.540. The summed E-state index contributed by atoms with van der Waals surface area (Å²) in [6.07, 6.45) is 0. The van der Waals surface area contributed by atoms with Gasteiger partial charge in [0.2, 0.25) is 0 Å². The number of aromatic nitrogens is 2. The lowest BCUT2D eigenvalue weighted by Crippen LogP contribution is -2.32. The van der Waals surface area contributed by atoms with Crippen molar-refractivity contribution < 1.29 is 4.74 Å². The second-order valence-corrected chi connectivity index (χ2v) is 14.0. The highest BCUT2D eigenvalue weighted by Crippen LogP contribution is 2.63. The minimum Gasteiger partial charge on any atom is -0.457 e. The van der Waals surface area contributed by atoms with Gasteiger partial charge in [0.1, 0.15) is 11.5 Å². The van der Waals surface area contributed by atoms with Crippen LogP contribution >= 0.6 is 0 Å². The first kappa shape index (κ1) is 27.9. The van der Waals surface area contributed by atoms with Crippen molar-refractivity contribution in [3.05, 3.63) is 204 Å². The van der Waals surface area contributed by atoms with E-state index in [0.717, 1.165) is 22.9 Å². The van der Waals surface area contributed by atoms with Crippen LogP contribution in [0.4, 0.5) is 0 Å². The smallest absolute Gasteiger partial charge is 0.132 e. The summed E-state index contributed by atoms with van der Waals surface area (Å²) in [7, 11) is 0. The van der Waals surface area contributed by atoms with Crippen LogP contribution in [0.15, 0.2) is 182 Å². The lowest BCUT2D eigenvalue weighted by molar-refractivity contribution is 0.436. The Bertz CT molecular complexity index is 3050.